The Morgan fingerprint density at radius 2 is 1.92 bits per heavy atom. The van der Waals surface area contributed by atoms with Crippen LogP contribution in [-0.4, -0.2) is 9.66 Å². The zero-order valence-electron chi connectivity index (χ0n) is 6.51. The summed E-state index contributed by atoms with van der Waals surface area (Å²) in [5, 5.41) is 0. The van der Waals surface area contributed by atoms with Gasteiger partial charge >= 0.3 is 0 Å². The molecule has 60 valence electrons. The van der Waals surface area contributed by atoms with Crippen LogP contribution in [0.2, 0.25) is 0 Å². The van der Waals surface area contributed by atoms with Crippen LogP contribution in [-0.2, 0) is 0 Å². The summed E-state index contributed by atoms with van der Waals surface area (Å²) >= 11 is 0. The molecule has 1 aromatic heterocycles. The first kappa shape index (κ1) is 6.91. The average Bonchev–Trinajstić information content (AvgIpc) is 2.53. The van der Waals surface area contributed by atoms with Crippen LogP contribution in [0.25, 0.3) is 11.3 Å². The zero-order chi connectivity index (χ0) is 8.39. The molecule has 0 saturated heterocycles. The zero-order valence-corrected chi connectivity index (χ0v) is 6.51. The van der Waals surface area contributed by atoms with E-state index < -0.39 is 0 Å². The van der Waals surface area contributed by atoms with Crippen LogP contribution in [0.15, 0.2) is 42.9 Å². The molecular weight excluding hydrogens is 150 g/mol. The topological polar surface area (TPSA) is 43.8 Å². The van der Waals surface area contributed by atoms with Gasteiger partial charge in [0.1, 0.15) is 6.33 Å². The van der Waals surface area contributed by atoms with Gasteiger partial charge in [0.15, 0.2) is 0 Å². The number of nitrogen functional groups attached to an aromatic ring is 1. The van der Waals surface area contributed by atoms with E-state index in [1.165, 1.54) is 4.68 Å². The van der Waals surface area contributed by atoms with E-state index in [4.69, 9.17) is 5.84 Å². The molecule has 2 rings (SSSR count). The third-order valence-corrected chi connectivity index (χ3v) is 1.74. The summed E-state index contributed by atoms with van der Waals surface area (Å²) in [4.78, 5) is 3.94. The maximum atomic E-state index is 5.63. The molecule has 0 fully saturated rings. The molecular formula is C9H9N3. The predicted molar refractivity (Wildman–Crippen MR) is 47.8 cm³/mol. The standard InChI is InChI=1S/C9H9N3/c10-12-7-11-6-9(12)8-4-2-1-3-5-8/h1-7H,10H2. The van der Waals surface area contributed by atoms with Gasteiger partial charge in [-0.05, 0) is 0 Å². The molecule has 2 aromatic rings. The monoisotopic (exact) mass is 159 g/mol. The second kappa shape index (κ2) is 2.70. The molecule has 0 aliphatic carbocycles. The summed E-state index contributed by atoms with van der Waals surface area (Å²) in [6.07, 6.45) is 3.33. The number of benzene rings is 1. The van der Waals surface area contributed by atoms with Gasteiger partial charge in [-0.2, -0.15) is 0 Å². The molecule has 1 heterocycles. The Kier molecular flexibility index (Phi) is 1.55. The smallest absolute Gasteiger partial charge is 0.114 e. The molecule has 0 atom stereocenters. The lowest BCUT2D eigenvalue weighted by atomic mass is 10.2. The van der Waals surface area contributed by atoms with E-state index in [0.29, 0.717) is 0 Å². The van der Waals surface area contributed by atoms with Crippen LogP contribution < -0.4 is 5.84 Å². The van der Waals surface area contributed by atoms with Crippen LogP contribution in [0.5, 0.6) is 0 Å². The van der Waals surface area contributed by atoms with E-state index in [0.717, 1.165) is 11.3 Å². The van der Waals surface area contributed by atoms with Gasteiger partial charge in [-0.1, -0.05) is 30.3 Å². The van der Waals surface area contributed by atoms with Gasteiger partial charge in [0.05, 0.1) is 11.9 Å². The number of hydrogen-bond acceptors (Lipinski definition) is 2. The van der Waals surface area contributed by atoms with E-state index in [1.54, 1.807) is 12.5 Å². The molecule has 3 heteroatoms. The van der Waals surface area contributed by atoms with E-state index in [9.17, 15) is 0 Å². The number of imidazole rings is 1. The maximum absolute atomic E-state index is 5.63. The van der Waals surface area contributed by atoms with E-state index in [-0.39, 0.29) is 0 Å². The van der Waals surface area contributed by atoms with Crippen LogP contribution >= 0.6 is 0 Å². The van der Waals surface area contributed by atoms with Crippen molar-refractivity contribution < 1.29 is 0 Å². The average molecular weight is 159 g/mol. The van der Waals surface area contributed by atoms with Gasteiger partial charge in [0.25, 0.3) is 0 Å². The highest BCUT2D eigenvalue weighted by Gasteiger charge is 1.99. The Morgan fingerprint density at radius 3 is 2.50 bits per heavy atom. The molecule has 0 amide bonds. The first-order valence-electron chi connectivity index (χ1n) is 3.71. The van der Waals surface area contributed by atoms with Crippen molar-refractivity contribution >= 4 is 0 Å². The van der Waals surface area contributed by atoms with Gasteiger partial charge in [-0.15, -0.1) is 0 Å². The van der Waals surface area contributed by atoms with Crippen molar-refractivity contribution in [2.45, 2.75) is 0 Å². The molecule has 0 aliphatic rings. The number of hydrogen-bond donors (Lipinski definition) is 1. The summed E-state index contributed by atoms with van der Waals surface area (Å²) < 4.78 is 1.51. The number of nitrogens with two attached hydrogens (primary N) is 1. The first-order valence-corrected chi connectivity index (χ1v) is 3.71. The molecule has 0 radical (unpaired) electrons. The highest BCUT2D eigenvalue weighted by atomic mass is 15.3. The molecule has 0 saturated carbocycles. The summed E-state index contributed by atoms with van der Waals surface area (Å²) in [5.74, 6) is 5.63. The predicted octanol–water partition coefficient (Wildman–Crippen LogP) is 1.26. The van der Waals surface area contributed by atoms with Crippen LogP contribution in [0.1, 0.15) is 0 Å². The van der Waals surface area contributed by atoms with E-state index in [1.807, 2.05) is 30.3 Å². The molecule has 2 N–H and O–H groups in total. The summed E-state index contributed by atoms with van der Waals surface area (Å²) in [6, 6.07) is 9.92. The third kappa shape index (κ3) is 1.05. The van der Waals surface area contributed by atoms with Gasteiger partial charge in [0, 0.05) is 5.56 Å². The second-order valence-corrected chi connectivity index (χ2v) is 2.55. The minimum atomic E-state index is 0.926. The molecule has 12 heavy (non-hydrogen) atoms. The quantitative estimate of drug-likeness (QED) is 0.636. The number of rotatable bonds is 1. The molecule has 1 aromatic carbocycles. The summed E-state index contributed by atoms with van der Waals surface area (Å²) in [7, 11) is 0. The summed E-state index contributed by atoms with van der Waals surface area (Å²) in [5.41, 5.74) is 2.01. The first-order chi connectivity index (χ1) is 5.88. The van der Waals surface area contributed by atoms with Crippen molar-refractivity contribution in [3.63, 3.8) is 0 Å². The van der Waals surface area contributed by atoms with Gasteiger partial charge in [-0.25, -0.2) is 9.66 Å². The Balaban J connectivity index is 2.51. The fourth-order valence-corrected chi connectivity index (χ4v) is 1.14. The number of nitrogens with zero attached hydrogens (tertiary/aromatic N) is 2. The second-order valence-electron chi connectivity index (χ2n) is 2.55. The lowest BCUT2D eigenvalue weighted by Crippen LogP contribution is -2.07. The Hall–Kier alpha value is -1.77. The highest BCUT2D eigenvalue weighted by Crippen LogP contribution is 2.15. The molecule has 3 nitrogen and oxygen atoms in total. The van der Waals surface area contributed by atoms with Crippen molar-refractivity contribution in [2.24, 2.45) is 0 Å². The van der Waals surface area contributed by atoms with Crippen molar-refractivity contribution in [1.29, 1.82) is 0 Å². The van der Waals surface area contributed by atoms with Crippen molar-refractivity contribution in [2.75, 3.05) is 5.84 Å². The van der Waals surface area contributed by atoms with Crippen molar-refractivity contribution in [3.05, 3.63) is 42.9 Å². The Labute approximate surface area is 70.4 Å². The SMILES string of the molecule is Nn1cncc1-c1ccccc1. The van der Waals surface area contributed by atoms with Crippen molar-refractivity contribution in [1.82, 2.24) is 9.66 Å². The van der Waals surface area contributed by atoms with Crippen LogP contribution in [0.3, 0.4) is 0 Å². The largest absolute Gasteiger partial charge is 0.338 e. The van der Waals surface area contributed by atoms with Gasteiger partial charge < -0.3 is 5.84 Å². The third-order valence-electron chi connectivity index (χ3n) is 1.74. The van der Waals surface area contributed by atoms with Gasteiger partial charge in [-0.3, -0.25) is 0 Å². The molecule has 0 aliphatic heterocycles. The van der Waals surface area contributed by atoms with E-state index >= 15 is 0 Å². The maximum Gasteiger partial charge on any atom is 0.114 e. The van der Waals surface area contributed by atoms with E-state index in [2.05, 4.69) is 4.98 Å². The molecule has 0 unspecified atom stereocenters. The highest BCUT2D eigenvalue weighted by molar-refractivity contribution is 5.58. The normalized spacial score (nSPS) is 10.0. The Bertz CT molecular complexity index is 364. The fourth-order valence-electron chi connectivity index (χ4n) is 1.14. The van der Waals surface area contributed by atoms with Crippen molar-refractivity contribution in [3.8, 4) is 11.3 Å². The lowest BCUT2D eigenvalue weighted by molar-refractivity contribution is 1.01. The Morgan fingerprint density at radius 1 is 1.17 bits per heavy atom. The molecule has 0 bridgehead atoms. The van der Waals surface area contributed by atoms with Crippen LogP contribution in [0, 0.1) is 0 Å². The lowest BCUT2D eigenvalue weighted by Gasteiger charge is -1.99. The molecule has 0 spiro atoms. The minimum absolute atomic E-state index is 0.926. The summed E-state index contributed by atoms with van der Waals surface area (Å²) in [6.45, 7) is 0. The van der Waals surface area contributed by atoms with Gasteiger partial charge in [0.2, 0.25) is 0 Å². The fraction of sp³-hybridized carbons (Fsp3) is 0. The minimum Gasteiger partial charge on any atom is -0.338 e. The van der Waals surface area contributed by atoms with Crippen LogP contribution in [0.4, 0.5) is 0 Å². The number of aromatic nitrogens is 2.